The number of carbonyl (C=O) groups is 1. The van der Waals surface area contributed by atoms with Crippen LogP contribution >= 0.6 is 0 Å². The smallest absolute Gasteiger partial charge is 0.277 e. The molecule has 0 aliphatic rings. The normalized spacial score (nSPS) is 10.9. The third-order valence-electron chi connectivity index (χ3n) is 5.83. The first-order valence-corrected chi connectivity index (χ1v) is 10.9. The molecular formula is C27H27N3O3. The molecule has 0 radical (unpaired) electrons. The largest absolute Gasteiger partial charge is 0.497 e. The number of hydrogen-bond acceptors (Lipinski definition) is 4. The lowest BCUT2D eigenvalue weighted by Gasteiger charge is -2.18. The van der Waals surface area contributed by atoms with E-state index in [1.54, 1.807) is 23.6 Å². The van der Waals surface area contributed by atoms with Gasteiger partial charge in [-0.15, -0.1) is 0 Å². The van der Waals surface area contributed by atoms with Gasteiger partial charge in [0.05, 0.1) is 18.1 Å². The molecule has 0 fully saturated rings. The van der Waals surface area contributed by atoms with Crippen LogP contribution < -0.4 is 10.3 Å². The highest BCUT2D eigenvalue weighted by Crippen LogP contribution is 2.19. The van der Waals surface area contributed by atoms with Crippen molar-refractivity contribution in [2.45, 2.75) is 26.3 Å². The second kappa shape index (κ2) is 9.69. The van der Waals surface area contributed by atoms with E-state index in [2.05, 4.69) is 4.98 Å². The third-order valence-corrected chi connectivity index (χ3v) is 5.83. The molecule has 0 N–H and O–H groups in total. The lowest BCUT2D eigenvalue weighted by molar-refractivity contribution is -0.130. The van der Waals surface area contributed by atoms with Crippen molar-refractivity contribution in [3.63, 3.8) is 0 Å². The summed E-state index contributed by atoms with van der Waals surface area (Å²) in [5.74, 6) is 0.691. The van der Waals surface area contributed by atoms with E-state index in [4.69, 9.17) is 4.74 Å². The van der Waals surface area contributed by atoms with Crippen LogP contribution in [0.15, 0.2) is 77.6 Å². The van der Waals surface area contributed by atoms with Gasteiger partial charge >= 0.3 is 0 Å². The number of benzene rings is 3. The number of aryl methyl sites for hydroxylation is 2. The number of hydrogen-bond donors (Lipinski definition) is 0. The van der Waals surface area contributed by atoms with Gasteiger partial charge in [0.1, 0.15) is 11.4 Å². The first kappa shape index (κ1) is 22.3. The lowest BCUT2D eigenvalue weighted by Crippen LogP contribution is -2.29. The van der Waals surface area contributed by atoms with Crippen LogP contribution in [-0.2, 0) is 17.8 Å². The summed E-state index contributed by atoms with van der Waals surface area (Å²) >= 11 is 0. The van der Waals surface area contributed by atoms with Gasteiger partial charge in [0, 0.05) is 32.1 Å². The van der Waals surface area contributed by atoms with Crippen LogP contribution in [0.5, 0.6) is 5.75 Å². The van der Waals surface area contributed by atoms with Crippen molar-refractivity contribution in [1.29, 1.82) is 0 Å². The number of ether oxygens (including phenoxy) is 1. The van der Waals surface area contributed by atoms with Gasteiger partial charge in [0.25, 0.3) is 5.56 Å². The predicted molar refractivity (Wildman–Crippen MR) is 130 cm³/mol. The van der Waals surface area contributed by atoms with Crippen LogP contribution in [-0.4, -0.2) is 34.5 Å². The van der Waals surface area contributed by atoms with Crippen LogP contribution in [0.1, 0.15) is 23.2 Å². The van der Waals surface area contributed by atoms with Crippen molar-refractivity contribution in [3.05, 3.63) is 100.0 Å². The van der Waals surface area contributed by atoms with Crippen molar-refractivity contribution in [3.8, 4) is 11.4 Å². The molecule has 0 atom stereocenters. The number of aromatic nitrogens is 2. The van der Waals surface area contributed by atoms with Gasteiger partial charge in [-0.05, 0) is 54.4 Å². The van der Waals surface area contributed by atoms with Gasteiger partial charge in [-0.2, -0.15) is 0 Å². The van der Waals surface area contributed by atoms with E-state index in [0.717, 1.165) is 22.3 Å². The molecule has 6 heteroatoms. The van der Waals surface area contributed by atoms with Crippen molar-refractivity contribution < 1.29 is 9.53 Å². The Balaban J connectivity index is 1.60. The summed E-state index contributed by atoms with van der Waals surface area (Å²) in [7, 11) is 3.40. The number of para-hydroxylation sites is 2. The molecule has 3 aromatic carbocycles. The first-order valence-electron chi connectivity index (χ1n) is 10.9. The Morgan fingerprint density at radius 2 is 1.70 bits per heavy atom. The fraction of sp³-hybridized carbons (Fsp3) is 0.222. The molecule has 1 aromatic heterocycles. The minimum atomic E-state index is -0.215. The molecule has 1 amide bonds. The Morgan fingerprint density at radius 1 is 1.00 bits per heavy atom. The minimum Gasteiger partial charge on any atom is -0.497 e. The van der Waals surface area contributed by atoms with Gasteiger partial charge < -0.3 is 9.64 Å². The maximum atomic E-state index is 13.4. The van der Waals surface area contributed by atoms with Crippen LogP contribution in [0.4, 0.5) is 0 Å². The molecular weight excluding hydrogens is 414 g/mol. The van der Waals surface area contributed by atoms with Crippen LogP contribution in [0, 0.1) is 6.92 Å². The van der Waals surface area contributed by atoms with Gasteiger partial charge in [0.2, 0.25) is 5.91 Å². The van der Waals surface area contributed by atoms with E-state index in [1.165, 1.54) is 0 Å². The Bertz CT molecular complexity index is 1340. The molecule has 0 aliphatic heterocycles. The lowest BCUT2D eigenvalue weighted by atomic mass is 10.1. The van der Waals surface area contributed by atoms with Gasteiger partial charge in [-0.3, -0.25) is 14.2 Å². The number of nitrogens with zero attached hydrogens (tertiary/aromatic N) is 3. The number of fused-ring (bicyclic) bond motifs is 1. The average Bonchev–Trinajstić information content (AvgIpc) is 2.84. The van der Waals surface area contributed by atoms with E-state index in [9.17, 15) is 9.59 Å². The molecule has 6 nitrogen and oxygen atoms in total. The van der Waals surface area contributed by atoms with Crippen LogP contribution in [0.25, 0.3) is 16.7 Å². The van der Waals surface area contributed by atoms with E-state index in [-0.39, 0.29) is 24.3 Å². The summed E-state index contributed by atoms with van der Waals surface area (Å²) in [6.07, 6.45) is 0.488. The molecule has 4 aromatic rings. The number of rotatable bonds is 7. The zero-order chi connectivity index (χ0) is 23.4. The van der Waals surface area contributed by atoms with E-state index in [1.807, 2.05) is 79.7 Å². The summed E-state index contributed by atoms with van der Waals surface area (Å²) in [6, 6.07) is 22.9. The van der Waals surface area contributed by atoms with E-state index >= 15 is 0 Å². The Labute approximate surface area is 193 Å². The quantitative estimate of drug-likeness (QED) is 0.429. The van der Waals surface area contributed by atoms with Crippen LogP contribution in [0.2, 0.25) is 0 Å². The highest BCUT2D eigenvalue weighted by Gasteiger charge is 2.16. The average molecular weight is 442 g/mol. The second-order valence-electron chi connectivity index (χ2n) is 8.06. The zero-order valence-electron chi connectivity index (χ0n) is 19.1. The molecule has 0 saturated carbocycles. The third kappa shape index (κ3) is 4.80. The topological polar surface area (TPSA) is 64.4 Å². The van der Waals surface area contributed by atoms with Crippen molar-refractivity contribution in [2.24, 2.45) is 0 Å². The van der Waals surface area contributed by atoms with Crippen molar-refractivity contribution in [2.75, 3.05) is 14.2 Å². The molecule has 168 valence electrons. The number of carbonyl (C=O) groups excluding carboxylic acids is 1. The standard InChI is InChI=1S/C27H27N3O3/c1-19-8-4-5-9-20(19)18-29(2)26(31)17-16-24-27(32)30(21-12-14-22(33-3)15-13-21)25-11-7-6-10-23(25)28-24/h4-15H,16-18H2,1-3H3. The zero-order valence-corrected chi connectivity index (χ0v) is 19.1. The van der Waals surface area contributed by atoms with Gasteiger partial charge in [-0.1, -0.05) is 36.4 Å². The first-order chi connectivity index (χ1) is 16.0. The molecule has 33 heavy (non-hydrogen) atoms. The van der Waals surface area contributed by atoms with Gasteiger partial charge in [0.15, 0.2) is 0 Å². The Hall–Kier alpha value is -3.93. The SMILES string of the molecule is COc1ccc(-n2c(=O)c(CCC(=O)N(C)Cc3ccccc3C)nc3ccccc32)cc1. The maximum absolute atomic E-state index is 13.4. The summed E-state index contributed by atoms with van der Waals surface area (Å²) in [5, 5.41) is 0. The molecule has 4 rings (SSSR count). The fourth-order valence-electron chi connectivity index (χ4n) is 3.88. The molecule has 0 bridgehead atoms. The van der Waals surface area contributed by atoms with E-state index in [0.29, 0.717) is 23.5 Å². The Kier molecular flexibility index (Phi) is 6.54. The van der Waals surface area contributed by atoms with Crippen LogP contribution in [0.3, 0.4) is 0 Å². The monoisotopic (exact) mass is 441 g/mol. The Morgan fingerprint density at radius 3 is 2.42 bits per heavy atom. The number of amides is 1. The molecule has 0 aliphatic carbocycles. The molecule has 1 heterocycles. The van der Waals surface area contributed by atoms with E-state index < -0.39 is 0 Å². The highest BCUT2D eigenvalue weighted by molar-refractivity contribution is 5.78. The second-order valence-corrected chi connectivity index (χ2v) is 8.06. The fourth-order valence-corrected chi connectivity index (χ4v) is 3.88. The summed E-state index contributed by atoms with van der Waals surface area (Å²) in [5.41, 5.74) is 4.58. The van der Waals surface area contributed by atoms with Gasteiger partial charge in [-0.25, -0.2) is 4.98 Å². The van der Waals surface area contributed by atoms with Crippen molar-refractivity contribution >= 4 is 16.9 Å². The highest BCUT2D eigenvalue weighted by atomic mass is 16.5. The predicted octanol–water partition coefficient (Wildman–Crippen LogP) is 4.29. The summed E-state index contributed by atoms with van der Waals surface area (Å²) < 4.78 is 6.89. The molecule has 0 saturated heterocycles. The summed E-state index contributed by atoms with van der Waals surface area (Å²) in [6.45, 7) is 2.57. The minimum absolute atomic E-state index is 0.0244. The summed E-state index contributed by atoms with van der Waals surface area (Å²) in [4.78, 5) is 32.5. The number of methoxy groups -OCH3 is 1. The van der Waals surface area contributed by atoms with Crippen molar-refractivity contribution in [1.82, 2.24) is 14.5 Å². The molecule has 0 spiro atoms. The maximum Gasteiger partial charge on any atom is 0.277 e. The molecule has 0 unspecified atom stereocenters.